The summed E-state index contributed by atoms with van der Waals surface area (Å²) >= 11 is 3.42. The van der Waals surface area contributed by atoms with Crippen LogP contribution in [0.2, 0.25) is 0 Å². The Kier molecular flexibility index (Phi) is 3.16. The van der Waals surface area contributed by atoms with Gasteiger partial charge in [0, 0.05) is 4.47 Å². The van der Waals surface area contributed by atoms with Crippen LogP contribution in [0.5, 0.6) is 0 Å². The van der Waals surface area contributed by atoms with E-state index in [1.807, 2.05) is 31.2 Å². The number of rotatable bonds is 3. The molecule has 100 valence electrons. The van der Waals surface area contributed by atoms with Gasteiger partial charge >= 0.3 is 0 Å². The average Bonchev–Trinajstić information content (AvgIpc) is 2.86. The lowest BCUT2D eigenvalue weighted by molar-refractivity contribution is -0.186. The van der Waals surface area contributed by atoms with Gasteiger partial charge in [0.2, 0.25) is 0 Å². The predicted octanol–water partition coefficient (Wildman–Crippen LogP) is 1.87. The van der Waals surface area contributed by atoms with E-state index in [2.05, 4.69) is 26.2 Å². The normalized spacial score (nSPS) is 18.9. The zero-order valence-electron chi connectivity index (χ0n) is 10.5. The number of halogens is 1. The molecule has 5 nitrogen and oxygen atoms in total. The molecule has 1 aliphatic rings. The molecule has 0 saturated carbocycles. The average molecular weight is 324 g/mol. The van der Waals surface area contributed by atoms with E-state index in [1.165, 1.54) is 0 Å². The first-order valence-electron chi connectivity index (χ1n) is 6.06. The van der Waals surface area contributed by atoms with E-state index >= 15 is 0 Å². The van der Waals surface area contributed by atoms with Crippen molar-refractivity contribution in [3.05, 3.63) is 46.2 Å². The van der Waals surface area contributed by atoms with Gasteiger partial charge in [-0.15, -0.1) is 5.10 Å². The monoisotopic (exact) mass is 323 g/mol. The Labute approximate surface area is 119 Å². The molecule has 0 bridgehead atoms. The van der Waals surface area contributed by atoms with Crippen LogP contribution in [-0.2, 0) is 10.3 Å². The number of aromatic nitrogens is 3. The van der Waals surface area contributed by atoms with Crippen LogP contribution >= 0.6 is 15.9 Å². The Morgan fingerprint density at radius 1 is 1.37 bits per heavy atom. The first-order chi connectivity index (χ1) is 9.08. The molecule has 1 N–H and O–H groups in total. The highest BCUT2D eigenvalue weighted by atomic mass is 79.9. The summed E-state index contributed by atoms with van der Waals surface area (Å²) in [5.41, 5.74) is 0.747. The standard InChI is InChI=1S/C13H14BrN3O2/c1-9(10-2-4-11(14)5-3-10)17-6-12(15-16-17)13(18)7-19-8-13/h2-6,9,18H,7-8H2,1H3. The molecule has 2 heterocycles. The highest BCUT2D eigenvalue weighted by Crippen LogP contribution is 2.28. The molecule has 3 rings (SSSR count). The number of ether oxygens (including phenoxy) is 1. The highest BCUT2D eigenvalue weighted by Gasteiger charge is 2.40. The SMILES string of the molecule is CC(c1ccc(Br)cc1)n1cc(C2(O)COC2)nn1. The van der Waals surface area contributed by atoms with Crippen LogP contribution < -0.4 is 0 Å². The first-order valence-corrected chi connectivity index (χ1v) is 6.86. The Morgan fingerprint density at radius 2 is 2.05 bits per heavy atom. The van der Waals surface area contributed by atoms with Gasteiger partial charge < -0.3 is 9.84 Å². The molecule has 1 unspecified atom stereocenters. The van der Waals surface area contributed by atoms with Crippen LogP contribution in [0, 0.1) is 0 Å². The molecule has 1 aromatic heterocycles. The van der Waals surface area contributed by atoms with Gasteiger partial charge in [-0.25, -0.2) is 4.68 Å². The molecule has 0 aliphatic carbocycles. The summed E-state index contributed by atoms with van der Waals surface area (Å²) in [6.45, 7) is 2.62. The molecule has 1 aliphatic heterocycles. The van der Waals surface area contributed by atoms with Crippen molar-refractivity contribution in [2.24, 2.45) is 0 Å². The molecule has 0 radical (unpaired) electrons. The van der Waals surface area contributed by atoms with Gasteiger partial charge in [-0.3, -0.25) is 0 Å². The summed E-state index contributed by atoms with van der Waals surface area (Å²) in [5.74, 6) is 0. The van der Waals surface area contributed by atoms with E-state index in [0.717, 1.165) is 10.0 Å². The molecule has 0 amide bonds. The van der Waals surface area contributed by atoms with Crippen molar-refractivity contribution in [3.8, 4) is 0 Å². The van der Waals surface area contributed by atoms with E-state index in [1.54, 1.807) is 10.9 Å². The number of hydrogen-bond donors (Lipinski definition) is 1. The topological polar surface area (TPSA) is 60.2 Å². The van der Waals surface area contributed by atoms with Gasteiger partial charge in [-0.2, -0.15) is 0 Å². The van der Waals surface area contributed by atoms with Crippen LogP contribution in [0.15, 0.2) is 34.9 Å². The summed E-state index contributed by atoms with van der Waals surface area (Å²) in [4.78, 5) is 0. The minimum Gasteiger partial charge on any atom is -0.379 e. The van der Waals surface area contributed by atoms with Gasteiger partial charge in [-0.1, -0.05) is 33.3 Å². The Bertz CT molecular complexity index is 578. The second kappa shape index (κ2) is 4.70. The minimum absolute atomic E-state index is 0.0685. The summed E-state index contributed by atoms with van der Waals surface area (Å²) in [6.07, 6.45) is 1.79. The van der Waals surface area contributed by atoms with Crippen LogP contribution in [0.1, 0.15) is 24.2 Å². The van der Waals surface area contributed by atoms with E-state index in [-0.39, 0.29) is 6.04 Å². The molecule has 1 aromatic carbocycles. The van der Waals surface area contributed by atoms with Crippen molar-refractivity contribution in [3.63, 3.8) is 0 Å². The summed E-state index contributed by atoms with van der Waals surface area (Å²) < 4.78 is 7.83. The molecule has 2 aromatic rings. The summed E-state index contributed by atoms with van der Waals surface area (Å²) in [5, 5.41) is 18.3. The third-order valence-corrected chi connectivity index (χ3v) is 3.95. The first kappa shape index (κ1) is 12.8. The number of aliphatic hydroxyl groups is 1. The lowest BCUT2D eigenvalue weighted by Crippen LogP contribution is -2.46. The number of nitrogens with zero attached hydrogens (tertiary/aromatic N) is 3. The zero-order valence-corrected chi connectivity index (χ0v) is 12.0. The Hall–Kier alpha value is -1.24. The lowest BCUT2D eigenvalue weighted by atomic mass is 9.99. The smallest absolute Gasteiger partial charge is 0.156 e. The van der Waals surface area contributed by atoms with E-state index in [0.29, 0.717) is 18.9 Å². The largest absolute Gasteiger partial charge is 0.379 e. The maximum absolute atomic E-state index is 10.1. The number of hydrogen-bond acceptors (Lipinski definition) is 4. The summed E-state index contributed by atoms with van der Waals surface area (Å²) in [7, 11) is 0. The van der Waals surface area contributed by atoms with Crippen LogP contribution in [-0.4, -0.2) is 33.3 Å². The van der Waals surface area contributed by atoms with E-state index in [4.69, 9.17) is 4.74 Å². The Morgan fingerprint density at radius 3 is 2.63 bits per heavy atom. The van der Waals surface area contributed by atoms with Crippen molar-refractivity contribution in [1.29, 1.82) is 0 Å². The molecule has 1 fully saturated rings. The van der Waals surface area contributed by atoms with Crippen molar-refractivity contribution >= 4 is 15.9 Å². The van der Waals surface area contributed by atoms with Crippen LogP contribution in [0.3, 0.4) is 0 Å². The second-order valence-corrected chi connectivity index (χ2v) is 5.75. The van der Waals surface area contributed by atoms with Gasteiger partial charge in [0.15, 0.2) is 5.60 Å². The molecule has 1 atom stereocenters. The third-order valence-electron chi connectivity index (χ3n) is 3.42. The second-order valence-electron chi connectivity index (χ2n) is 4.84. The van der Waals surface area contributed by atoms with Gasteiger partial charge in [-0.05, 0) is 24.6 Å². The zero-order chi connectivity index (χ0) is 13.5. The molecule has 6 heteroatoms. The van der Waals surface area contributed by atoms with Gasteiger partial charge in [0.25, 0.3) is 0 Å². The quantitative estimate of drug-likeness (QED) is 0.936. The third kappa shape index (κ3) is 2.31. The van der Waals surface area contributed by atoms with Crippen molar-refractivity contribution < 1.29 is 9.84 Å². The maximum Gasteiger partial charge on any atom is 0.156 e. The van der Waals surface area contributed by atoms with Gasteiger partial charge in [0.1, 0.15) is 5.69 Å². The molecule has 0 spiro atoms. The van der Waals surface area contributed by atoms with Crippen molar-refractivity contribution in [2.45, 2.75) is 18.6 Å². The fraction of sp³-hybridized carbons (Fsp3) is 0.385. The van der Waals surface area contributed by atoms with Crippen LogP contribution in [0.4, 0.5) is 0 Å². The molecular weight excluding hydrogens is 310 g/mol. The Balaban J connectivity index is 1.84. The molecule has 1 saturated heterocycles. The van der Waals surface area contributed by atoms with Crippen molar-refractivity contribution in [2.75, 3.05) is 13.2 Å². The lowest BCUT2D eigenvalue weighted by Gasteiger charge is -2.34. The summed E-state index contributed by atoms with van der Waals surface area (Å²) in [6, 6.07) is 8.14. The molecule has 19 heavy (non-hydrogen) atoms. The number of benzene rings is 1. The highest BCUT2D eigenvalue weighted by molar-refractivity contribution is 9.10. The fourth-order valence-corrected chi connectivity index (χ4v) is 2.28. The van der Waals surface area contributed by atoms with Crippen molar-refractivity contribution in [1.82, 2.24) is 15.0 Å². The fourth-order valence-electron chi connectivity index (χ4n) is 2.02. The molecular formula is C13H14BrN3O2. The minimum atomic E-state index is -0.961. The van der Waals surface area contributed by atoms with Gasteiger partial charge in [0.05, 0.1) is 25.5 Å². The van der Waals surface area contributed by atoms with Crippen LogP contribution in [0.25, 0.3) is 0 Å². The van der Waals surface area contributed by atoms with E-state index in [9.17, 15) is 5.11 Å². The van der Waals surface area contributed by atoms with E-state index < -0.39 is 5.60 Å². The maximum atomic E-state index is 10.1. The predicted molar refractivity (Wildman–Crippen MR) is 72.7 cm³/mol.